The molecule has 1 aliphatic rings. The molecule has 2 heterocycles. The van der Waals surface area contributed by atoms with Crippen LogP contribution in [0.15, 0.2) is 42.5 Å². The number of methoxy groups -OCH3 is 2. The van der Waals surface area contributed by atoms with Gasteiger partial charge in [0.2, 0.25) is 0 Å². The van der Waals surface area contributed by atoms with Gasteiger partial charge >= 0.3 is 0 Å². The molecule has 0 radical (unpaired) electrons. The molecule has 2 aromatic carbocycles. The molecule has 1 aliphatic heterocycles. The third-order valence-electron chi connectivity index (χ3n) is 4.45. The van der Waals surface area contributed by atoms with Crippen LogP contribution in [0.5, 0.6) is 23.0 Å². The topological polar surface area (TPSA) is 67.6 Å². The Hall–Kier alpha value is -3.22. The van der Waals surface area contributed by atoms with Crippen LogP contribution in [0.1, 0.15) is 23.3 Å². The number of benzene rings is 2. The lowest BCUT2D eigenvalue weighted by Gasteiger charge is -2.25. The molecule has 0 saturated heterocycles. The predicted molar refractivity (Wildman–Crippen MR) is 98.7 cm³/mol. The highest BCUT2D eigenvalue weighted by molar-refractivity contribution is 5.43. The quantitative estimate of drug-likeness (QED) is 0.691. The maximum atomic E-state index is 6.04. The second-order valence-corrected chi connectivity index (χ2v) is 6.24. The first kappa shape index (κ1) is 17.2. The van der Waals surface area contributed by atoms with E-state index in [2.05, 4.69) is 10.1 Å². The fourth-order valence-electron chi connectivity index (χ4n) is 3.13. The Morgan fingerprint density at radius 2 is 1.85 bits per heavy atom. The number of hydrogen-bond donors (Lipinski definition) is 0. The molecular formula is C20H21N3O4. The molecular weight excluding hydrogens is 346 g/mol. The Balaban J connectivity index is 1.54. The Morgan fingerprint density at radius 1 is 1.07 bits per heavy atom. The first-order valence-corrected chi connectivity index (χ1v) is 8.67. The molecule has 0 N–H and O–H groups in total. The van der Waals surface area contributed by atoms with Gasteiger partial charge in [-0.3, -0.25) is 0 Å². The molecule has 0 aliphatic carbocycles. The van der Waals surface area contributed by atoms with E-state index in [-0.39, 0.29) is 6.10 Å². The Kier molecular flexibility index (Phi) is 4.58. The van der Waals surface area contributed by atoms with Gasteiger partial charge in [0, 0.05) is 13.5 Å². The van der Waals surface area contributed by atoms with Crippen molar-refractivity contribution in [3.05, 3.63) is 59.7 Å². The highest BCUT2D eigenvalue weighted by Crippen LogP contribution is 2.35. The number of para-hydroxylation sites is 2. The molecule has 7 heteroatoms. The largest absolute Gasteiger partial charge is 0.493 e. The van der Waals surface area contributed by atoms with Crippen molar-refractivity contribution in [3.63, 3.8) is 0 Å². The highest BCUT2D eigenvalue weighted by atomic mass is 16.6. The molecule has 4 rings (SSSR count). The molecule has 0 unspecified atom stereocenters. The van der Waals surface area contributed by atoms with E-state index in [1.807, 2.05) is 49.5 Å². The van der Waals surface area contributed by atoms with Crippen molar-refractivity contribution >= 4 is 0 Å². The lowest BCUT2D eigenvalue weighted by atomic mass is 10.1. The zero-order valence-corrected chi connectivity index (χ0v) is 15.5. The lowest BCUT2D eigenvalue weighted by molar-refractivity contribution is 0.0824. The summed E-state index contributed by atoms with van der Waals surface area (Å²) in [4.78, 5) is 4.67. The van der Waals surface area contributed by atoms with Gasteiger partial charge in [0.25, 0.3) is 0 Å². The molecule has 27 heavy (non-hydrogen) atoms. The first-order chi connectivity index (χ1) is 13.2. The van der Waals surface area contributed by atoms with Gasteiger partial charge in [-0.15, -0.1) is 0 Å². The van der Waals surface area contributed by atoms with Crippen molar-refractivity contribution < 1.29 is 18.9 Å². The number of nitrogens with zero attached hydrogens (tertiary/aromatic N) is 3. The Bertz CT molecular complexity index is 954. The van der Waals surface area contributed by atoms with Crippen molar-refractivity contribution in [2.24, 2.45) is 7.05 Å². The summed E-state index contributed by atoms with van der Waals surface area (Å²) in [6.45, 7) is 0.402. The zero-order chi connectivity index (χ0) is 18.8. The van der Waals surface area contributed by atoms with Crippen molar-refractivity contribution in [1.29, 1.82) is 0 Å². The summed E-state index contributed by atoms with van der Waals surface area (Å²) in [5.74, 6) is 4.30. The summed E-state index contributed by atoms with van der Waals surface area (Å²) < 4.78 is 24.2. The Labute approximate surface area is 157 Å². The molecule has 0 fully saturated rings. The van der Waals surface area contributed by atoms with Crippen LogP contribution in [-0.2, 0) is 13.5 Å². The van der Waals surface area contributed by atoms with E-state index < -0.39 is 0 Å². The van der Waals surface area contributed by atoms with E-state index in [1.165, 1.54) is 0 Å². The van der Waals surface area contributed by atoms with E-state index in [0.29, 0.717) is 30.4 Å². The standard InChI is InChI=1S/C20H21N3O4/c1-23-20(18-12-26-15-6-4-5-7-16(15)27-18)21-19(22-23)11-13-8-9-14(24-2)17(10-13)25-3/h4-10,18H,11-12H2,1-3H3/t18-/m0/s1. The molecule has 0 amide bonds. The van der Waals surface area contributed by atoms with Gasteiger partial charge in [0.05, 0.1) is 14.2 Å². The minimum atomic E-state index is -0.295. The second kappa shape index (κ2) is 7.19. The van der Waals surface area contributed by atoms with Crippen LogP contribution in [0.3, 0.4) is 0 Å². The third-order valence-corrected chi connectivity index (χ3v) is 4.45. The van der Waals surface area contributed by atoms with Gasteiger partial charge in [-0.25, -0.2) is 9.67 Å². The number of fused-ring (bicyclic) bond motifs is 1. The monoisotopic (exact) mass is 367 g/mol. The van der Waals surface area contributed by atoms with Crippen LogP contribution in [0.4, 0.5) is 0 Å². The van der Waals surface area contributed by atoms with Gasteiger partial charge in [0.1, 0.15) is 6.61 Å². The smallest absolute Gasteiger partial charge is 0.192 e. The van der Waals surface area contributed by atoms with Crippen molar-refractivity contribution in [1.82, 2.24) is 14.8 Å². The Morgan fingerprint density at radius 3 is 2.63 bits per heavy atom. The zero-order valence-electron chi connectivity index (χ0n) is 15.5. The fourth-order valence-corrected chi connectivity index (χ4v) is 3.13. The minimum Gasteiger partial charge on any atom is -0.493 e. The lowest BCUT2D eigenvalue weighted by Crippen LogP contribution is -2.24. The van der Waals surface area contributed by atoms with Crippen LogP contribution in [-0.4, -0.2) is 35.6 Å². The van der Waals surface area contributed by atoms with Gasteiger partial charge in [-0.05, 0) is 29.8 Å². The van der Waals surface area contributed by atoms with E-state index in [9.17, 15) is 0 Å². The van der Waals surface area contributed by atoms with Gasteiger partial charge in [-0.2, -0.15) is 5.10 Å². The molecule has 1 aromatic heterocycles. The van der Waals surface area contributed by atoms with Gasteiger partial charge in [-0.1, -0.05) is 18.2 Å². The van der Waals surface area contributed by atoms with E-state index in [1.54, 1.807) is 18.9 Å². The number of ether oxygens (including phenoxy) is 4. The van der Waals surface area contributed by atoms with Crippen LogP contribution < -0.4 is 18.9 Å². The van der Waals surface area contributed by atoms with E-state index in [0.717, 1.165) is 22.9 Å². The highest BCUT2D eigenvalue weighted by Gasteiger charge is 2.27. The van der Waals surface area contributed by atoms with Crippen LogP contribution >= 0.6 is 0 Å². The van der Waals surface area contributed by atoms with E-state index in [4.69, 9.17) is 18.9 Å². The molecule has 3 aromatic rings. The summed E-state index contributed by atoms with van der Waals surface area (Å²) in [5, 5.41) is 4.53. The van der Waals surface area contributed by atoms with Crippen LogP contribution in [0.25, 0.3) is 0 Å². The summed E-state index contributed by atoms with van der Waals surface area (Å²) in [7, 11) is 5.11. The number of aryl methyl sites for hydroxylation is 1. The molecule has 1 atom stereocenters. The fraction of sp³-hybridized carbons (Fsp3) is 0.300. The molecule has 0 spiro atoms. The first-order valence-electron chi connectivity index (χ1n) is 8.67. The normalized spacial score (nSPS) is 15.4. The maximum Gasteiger partial charge on any atom is 0.192 e. The summed E-state index contributed by atoms with van der Waals surface area (Å²) in [6, 6.07) is 13.4. The number of hydrogen-bond acceptors (Lipinski definition) is 6. The van der Waals surface area contributed by atoms with Crippen molar-refractivity contribution in [2.45, 2.75) is 12.5 Å². The van der Waals surface area contributed by atoms with Crippen molar-refractivity contribution in [3.8, 4) is 23.0 Å². The summed E-state index contributed by atoms with van der Waals surface area (Å²) in [5.41, 5.74) is 1.04. The maximum absolute atomic E-state index is 6.04. The summed E-state index contributed by atoms with van der Waals surface area (Å²) in [6.07, 6.45) is 0.287. The number of aromatic nitrogens is 3. The third kappa shape index (κ3) is 3.40. The van der Waals surface area contributed by atoms with E-state index >= 15 is 0 Å². The van der Waals surface area contributed by atoms with Crippen LogP contribution in [0.2, 0.25) is 0 Å². The minimum absolute atomic E-state index is 0.295. The average molecular weight is 367 g/mol. The van der Waals surface area contributed by atoms with Gasteiger partial charge in [0.15, 0.2) is 40.8 Å². The SMILES string of the molecule is COc1ccc(Cc2nc([C@@H]3COc4ccccc4O3)n(C)n2)cc1OC. The van der Waals surface area contributed by atoms with Gasteiger partial charge < -0.3 is 18.9 Å². The summed E-state index contributed by atoms with van der Waals surface area (Å²) >= 11 is 0. The average Bonchev–Trinajstić information content (AvgIpc) is 3.07. The predicted octanol–water partition coefficient (Wildman–Crippen LogP) is 2.94. The molecule has 0 saturated carbocycles. The number of rotatable bonds is 5. The molecule has 7 nitrogen and oxygen atoms in total. The molecule has 140 valence electrons. The van der Waals surface area contributed by atoms with Crippen LogP contribution in [0, 0.1) is 0 Å². The van der Waals surface area contributed by atoms with Crippen molar-refractivity contribution in [2.75, 3.05) is 20.8 Å². The molecule has 0 bridgehead atoms. The second-order valence-electron chi connectivity index (χ2n) is 6.24.